The van der Waals surface area contributed by atoms with Crippen molar-refractivity contribution in [2.45, 2.75) is 38.6 Å². The molecule has 0 spiro atoms. The number of aliphatic carboxylic acids is 1. The zero-order valence-electron chi connectivity index (χ0n) is 11.2. The lowest BCUT2D eigenvalue weighted by Crippen LogP contribution is -2.51. The molecule has 0 radical (unpaired) electrons. The van der Waals surface area contributed by atoms with Gasteiger partial charge in [-0.05, 0) is 38.3 Å². The summed E-state index contributed by atoms with van der Waals surface area (Å²) in [6.07, 6.45) is 3.12. The second-order valence-electron chi connectivity index (χ2n) is 5.21. The van der Waals surface area contributed by atoms with Crippen LogP contribution in [0.25, 0.3) is 0 Å². The van der Waals surface area contributed by atoms with Gasteiger partial charge in [0.2, 0.25) is 5.91 Å². The lowest BCUT2D eigenvalue weighted by atomic mass is 9.98. The summed E-state index contributed by atoms with van der Waals surface area (Å²) in [6.45, 7) is 4.02. The van der Waals surface area contributed by atoms with E-state index in [2.05, 4.69) is 4.98 Å². The minimum Gasteiger partial charge on any atom is -0.480 e. The summed E-state index contributed by atoms with van der Waals surface area (Å²) in [5, 5.41) is 9.29. The molecule has 1 amide bonds. The second-order valence-corrected chi connectivity index (χ2v) is 5.21. The summed E-state index contributed by atoms with van der Waals surface area (Å²) >= 11 is 0. The first kappa shape index (κ1) is 13.5. The van der Waals surface area contributed by atoms with Crippen LogP contribution in [0, 0.1) is 6.92 Å². The largest absolute Gasteiger partial charge is 0.480 e. The maximum atomic E-state index is 12.3. The zero-order chi connectivity index (χ0) is 14.0. The number of rotatable bonds is 3. The number of likely N-dealkylation sites (tertiary alicyclic amines) is 1. The average molecular weight is 262 g/mol. The van der Waals surface area contributed by atoms with E-state index in [1.807, 2.05) is 19.1 Å². The minimum absolute atomic E-state index is 0.145. The fourth-order valence-corrected chi connectivity index (χ4v) is 2.46. The molecule has 102 valence electrons. The van der Waals surface area contributed by atoms with Crippen LogP contribution in [0.1, 0.15) is 31.0 Å². The van der Waals surface area contributed by atoms with Crippen molar-refractivity contribution in [3.8, 4) is 0 Å². The number of aryl methyl sites for hydroxylation is 1. The van der Waals surface area contributed by atoms with Crippen LogP contribution in [0.4, 0.5) is 0 Å². The molecule has 0 aliphatic carbocycles. The Balaban J connectivity index is 2.11. The zero-order valence-corrected chi connectivity index (χ0v) is 11.2. The molecule has 1 aromatic rings. The fraction of sp³-hybridized carbons (Fsp3) is 0.500. The number of carbonyl (C=O) groups excluding carboxylic acids is 1. The first-order chi connectivity index (χ1) is 8.93. The number of aromatic nitrogens is 1. The SMILES string of the molecule is Cc1ccc(CC(=O)N2CCCC2(C)C(=O)O)cn1. The van der Waals surface area contributed by atoms with Gasteiger partial charge in [0.15, 0.2) is 0 Å². The van der Waals surface area contributed by atoms with Crippen molar-refractivity contribution in [1.82, 2.24) is 9.88 Å². The van der Waals surface area contributed by atoms with Crippen molar-refractivity contribution in [1.29, 1.82) is 0 Å². The molecule has 19 heavy (non-hydrogen) atoms. The van der Waals surface area contributed by atoms with Gasteiger partial charge in [-0.3, -0.25) is 9.78 Å². The van der Waals surface area contributed by atoms with Gasteiger partial charge in [-0.25, -0.2) is 4.79 Å². The monoisotopic (exact) mass is 262 g/mol. The molecule has 2 heterocycles. The molecule has 0 bridgehead atoms. The third kappa shape index (κ3) is 2.59. The molecular formula is C14H18N2O3. The van der Waals surface area contributed by atoms with Crippen LogP contribution < -0.4 is 0 Å². The predicted molar refractivity (Wildman–Crippen MR) is 69.7 cm³/mol. The summed E-state index contributed by atoms with van der Waals surface area (Å²) in [5.41, 5.74) is 0.651. The van der Waals surface area contributed by atoms with Crippen molar-refractivity contribution in [2.75, 3.05) is 6.54 Å². The van der Waals surface area contributed by atoms with E-state index < -0.39 is 11.5 Å². The molecule has 5 heteroatoms. The number of pyridine rings is 1. The van der Waals surface area contributed by atoms with Crippen molar-refractivity contribution in [3.05, 3.63) is 29.6 Å². The predicted octanol–water partition coefficient (Wildman–Crippen LogP) is 1.40. The number of amides is 1. The highest BCUT2D eigenvalue weighted by Crippen LogP contribution is 2.29. The number of carboxylic acid groups (broad SMARTS) is 1. The number of hydrogen-bond donors (Lipinski definition) is 1. The first-order valence-electron chi connectivity index (χ1n) is 6.39. The van der Waals surface area contributed by atoms with Crippen LogP contribution in [0.3, 0.4) is 0 Å². The van der Waals surface area contributed by atoms with E-state index in [0.29, 0.717) is 13.0 Å². The van der Waals surface area contributed by atoms with Gasteiger partial charge in [0, 0.05) is 18.4 Å². The average Bonchev–Trinajstić information content (AvgIpc) is 2.76. The third-order valence-corrected chi connectivity index (χ3v) is 3.73. The standard InChI is InChI=1S/C14H18N2O3/c1-10-4-5-11(9-15-10)8-12(17)16-7-3-6-14(16,2)13(18)19/h4-5,9H,3,6-8H2,1-2H3,(H,18,19). The lowest BCUT2D eigenvalue weighted by molar-refractivity contribution is -0.155. The van der Waals surface area contributed by atoms with Crippen molar-refractivity contribution in [3.63, 3.8) is 0 Å². The first-order valence-corrected chi connectivity index (χ1v) is 6.39. The van der Waals surface area contributed by atoms with Crippen LogP contribution >= 0.6 is 0 Å². The van der Waals surface area contributed by atoms with E-state index in [1.54, 1.807) is 13.1 Å². The second kappa shape index (κ2) is 4.99. The highest BCUT2D eigenvalue weighted by atomic mass is 16.4. The van der Waals surface area contributed by atoms with E-state index in [-0.39, 0.29) is 12.3 Å². The van der Waals surface area contributed by atoms with Crippen LogP contribution in [0.5, 0.6) is 0 Å². The van der Waals surface area contributed by atoms with Crippen LogP contribution in [-0.2, 0) is 16.0 Å². The van der Waals surface area contributed by atoms with Gasteiger partial charge in [-0.2, -0.15) is 0 Å². The summed E-state index contributed by atoms with van der Waals surface area (Å²) < 4.78 is 0. The normalized spacial score (nSPS) is 22.5. The molecular weight excluding hydrogens is 244 g/mol. The Labute approximate surface area is 112 Å². The Bertz CT molecular complexity index is 498. The topological polar surface area (TPSA) is 70.5 Å². The quantitative estimate of drug-likeness (QED) is 0.893. The van der Waals surface area contributed by atoms with Gasteiger partial charge in [0.25, 0.3) is 0 Å². The Hall–Kier alpha value is -1.91. The van der Waals surface area contributed by atoms with E-state index in [4.69, 9.17) is 0 Å². The van der Waals surface area contributed by atoms with Gasteiger partial charge < -0.3 is 10.0 Å². The molecule has 1 aliphatic rings. The van der Waals surface area contributed by atoms with Crippen LogP contribution in [0.2, 0.25) is 0 Å². The van der Waals surface area contributed by atoms with Crippen molar-refractivity contribution < 1.29 is 14.7 Å². The van der Waals surface area contributed by atoms with Crippen LogP contribution in [-0.4, -0.2) is 39.0 Å². The highest BCUT2D eigenvalue weighted by molar-refractivity contribution is 5.88. The molecule has 5 nitrogen and oxygen atoms in total. The Morgan fingerprint density at radius 3 is 2.79 bits per heavy atom. The number of hydrogen-bond acceptors (Lipinski definition) is 3. The summed E-state index contributed by atoms with van der Waals surface area (Å²) in [7, 11) is 0. The number of carboxylic acids is 1. The molecule has 0 saturated carbocycles. The molecule has 1 fully saturated rings. The lowest BCUT2D eigenvalue weighted by Gasteiger charge is -2.31. The molecule has 1 aromatic heterocycles. The summed E-state index contributed by atoms with van der Waals surface area (Å²) in [6, 6.07) is 3.71. The highest BCUT2D eigenvalue weighted by Gasteiger charge is 2.45. The van der Waals surface area contributed by atoms with Gasteiger partial charge in [0.1, 0.15) is 5.54 Å². The molecule has 0 aromatic carbocycles. The maximum absolute atomic E-state index is 12.3. The van der Waals surface area contributed by atoms with Crippen molar-refractivity contribution >= 4 is 11.9 Å². The molecule has 1 saturated heterocycles. The molecule has 1 N–H and O–H groups in total. The Morgan fingerprint density at radius 2 is 2.21 bits per heavy atom. The van der Waals surface area contributed by atoms with Gasteiger partial charge >= 0.3 is 5.97 Å². The van der Waals surface area contributed by atoms with Crippen LogP contribution in [0.15, 0.2) is 18.3 Å². The third-order valence-electron chi connectivity index (χ3n) is 3.73. The van der Waals surface area contributed by atoms with E-state index in [1.165, 1.54) is 4.90 Å². The molecule has 2 rings (SSSR count). The minimum atomic E-state index is -1.06. The Morgan fingerprint density at radius 1 is 1.47 bits per heavy atom. The smallest absolute Gasteiger partial charge is 0.329 e. The Kier molecular flexibility index (Phi) is 3.55. The van der Waals surface area contributed by atoms with Gasteiger partial charge in [-0.15, -0.1) is 0 Å². The molecule has 1 atom stereocenters. The van der Waals surface area contributed by atoms with Crippen molar-refractivity contribution in [2.24, 2.45) is 0 Å². The number of nitrogens with zero attached hydrogens (tertiary/aromatic N) is 2. The molecule has 1 unspecified atom stereocenters. The number of carbonyl (C=O) groups is 2. The summed E-state index contributed by atoms with van der Waals surface area (Å²) in [5.74, 6) is -1.08. The van der Waals surface area contributed by atoms with Gasteiger partial charge in [-0.1, -0.05) is 6.07 Å². The van der Waals surface area contributed by atoms with E-state index >= 15 is 0 Å². The molecule has 1 aliphatic heterocycles. The van der Waals surface area contributed by atoms with Gasteiger partial charge in [0.05, 0.1) is 6.42 Å². The fourth-order valence-electron chi connectivity index (χ4n) is 2.46. The van der Waals surface area contributed by atoms with E-state index in [0.717, 1.165) is 17.7 Å². The van der Waals surface area contributed by atoms with E-state index in [9.17, 15) is 14.7 Å². The summed E-state index contributed by atoms with van der Waals surface area (Å²) in [4.78, 5) is 29.2. The maximum Gasteiger partial charge on any atom is 0.329 e.